The van der Waals surface area contributed by atoms with Gasteiger partial charge >= 0.3 is 0 Å². The quantitative estimate of drug-likeness (QED) is 0.821. The van der Waals surface area contributed by atoms with Crippen molar-refractivity contribution in [3.63, 3.8) is 0 Å². The van der Waals surface area contributed by atoms with Crippen LogP contribution in [0, 0.1) is 12.3 Å². The minimum Gasteiger partial charge on any atom is -0.314 e. The van der Waals surface area contributed by atoms with E-state index in [-0.39, 0.29) is 0 Å². The highest BCUT2D eigenvalue weighted by Crippen LogP contribution is 2.39. The van der Waals surface area contributed by atoms with Crippen molar-refractivity contribution in [1.29, 1.82) is 0 Å². The van der Waals surface area contributed by atoms with Crippen LogP contribution in [-0.4, -0.2) is 12.6 Å². The molecular weight excluding hydrogens is 230 g/mol. The van der Waals surface area contributed by atoms with Crippen LogP contribution < -0.4 is 5.32 Å². The average Bonchev–Trinajstić information content (AvgIpc) is 2.38. The Balaban J connectivity index is 2.08. The standard InChI is InChI=1S/C18H29N/c1-15(2)19-14-18(10-5-4-6-11-18)13-17-9-7-8-16(3)12-17/h7-9,12,15,19H,4-6,10-11,13-14H2,1-3H3. The van der Waals surface area contributed by atoms with E-state index in [1.54, 1.807) is 0 Å². The van der Waals surface area contributed by atoms with Crippen LogP contribution in [0.3, 0.4) is 0 Å². The molecule has 0 radical (unpaired) electrons. The van der Waals surface area contributed by atoms with Crippen LogP contribution in [0.4, 0.5) is 0 Å². The second-order valence-electron chi connectivity index (χ2n) is 6.76. The number of hydrogen-bond donors (Lipinski definition) is 1. The van der Waals surface area contributed by atoms with Gasteiger partial charge in [-0.1, -0.05) is 62.9 Å². The van der Waals surface area contributed by atoms with E-state index in [2.05, 4.69) is 50.4 Å². The van der Waals surface area contributed by atoms with Crippen molar-refractivity contribution in [2.24, 2.45) is 5.41 Å². The van der Waals surface area contributed by atoms with Crippen molar-refractivity contribution >= 4 is 0 Å². The zero-order valence-electron chi connectivity index (χ0n) is 12.8. The van der Waals surface area contributed by atoms with E-state index in [0.717, 1.165) is 0 Å². The van der Waals surface area contributed by atoms with E-state index < -0.39 is 0 Å². The van der Waals surface area contributed by atoms with Gasteiger partial charge in [-0.3, -0.25) is 0 Å². The molecule has 1 saturated carbocycles. The topological polar surface area (TPSA) is 12.0 Å². The van der Waals surface area contributed by atoms with Crippen molar-refractivity contribution in [2.75, 3.05) is 6.54 Å². The summed E-state index contributed by atoms with van der Waals surface area (Å²) in [6.45, 7) is 7.88. The minimum atomic E-state index is 0.496. The molecule has 1 N–H and O–H groups in total. The number of hydrogen-bond acceptors (Lipinski definition) is 1. The maximum Gasteiger partial charge on any atom is 0.00134 e. The lowest BCUT2D eigenvalue weighted by Crippen LogP contribution is -2.40. The smallest absolute Gasteiger partial charge is 0.00134 e. The summed E-state index contributed by atoms with van der Waals surface area (Å²) in [6.07, 6.45) is 8.27. The highest BCUT2D eigenvalue weighted by molar-refractivity contribution is 5.23. The molecule has 0 bridgehead atoms. The summed E-state index contributed by atoms with van der Waals surface area (Å²) >= 11 is 0. The van der Waals surface area contributed by atoms with Gasteiger partial charge in [-0.25, -0.2) is 0 Å². The Labute approximate surface area is 118 Å². The fourth-order valence-electron chi connectivity index (χ4n) is 3.39. The highest BCUT2D eigenvalue weighted by atomic mass is 14.9. The van der Waals surface area contributed by atoms with Gasteiger partial charge in [0.25, 0.3) is 0 Å². The van der Waals surface area contributed by atoms with Gasteiger partial charge in [0.1, 0.15) is 0 Å². The molecule has 0 amide bonds. The molecule has 1 aromatic rings. The van der Waals surface area contributed by atoms with Crippen LogP contribution in [-0.2, 0) is 6.42 Å². The van der Waals surface area contributed by atoms with E-state index in [1.165, 1.54) is 56.2 Å². The Morgan fingerprint density at radius 1 is 1.16 bits per heavy atom. The summed E-state index contributed by atoms with van der Waals surface area (Å²) in [6, 6.07) is 9.67. The van der Waals surface area contributed by atoms with Crippen LogP contribution in [0.1, 0.15) is 57.1 Å². The predicted octanol–water partition coefficient (Wildman–Crippen LogP) is 4.49. The maximum absolute atomic E-state index is 3.69. The van der Waals surface area contributed by atoms with Gasteiger partial charge in [-0.15, -0.1) is 0 Å². The van der Waals surface area contributed by atoms with E-state index in [1.807, 2.05) is 0 Å². The third-order valence-electron chi connectivity index (χ3n) is 4.46. The monoisotopic (exact) mass is 259 g/mol. The van der Waals surface area contributed by atoms with E-state index in [9.17, 15) is 0 Å². The summed E-state index contributed by atoms with van der Waals surface area (Å²) in [5.74, 6) is 0. The Bertz CT molecular complexity index is 388. The second-order valence-corrected chi connectivity index (χ2v) is 6.76. The molecule has 0 unspecified atom stereocenters. The van der Waals surface area contributed by atoms with Crippen molar-refractivity contribution in [3.05, 3.63) is 35.4 Å². The molecule has 0 aromatic heterocycles. The largest absolute Gasteiger partial charge is 0.314 e. The Kier molecular flexibility index (Phi) is 5.04. The number of nitrogens with one attached hydrogen (secondary N) is 1. The third-order valence-corrected chi connectivity index (χ3v) is 4.46. The van der Waals surface area contributed by atoms with Gasteiger partial charge in [0.15, 0.2) is 0 Å². The zero-order chi connectivity index (χ0) is 13.7. The molecule has 1 aromatic carbocycles. The van der Waals surface area contributed by atoms with Gasteiger partial charge in [-0.05, 0) is 37.2 Å². The molecule has 0 atom stereocenters. The van der Waals surface area contributed by atoms with Crippen molar-refractivity contribution in [2.45, 2.75) is 65.3 Å². The zero-order valence-corrected chi connectivity index (χ0v) is 12.8. The van der Waals surface area contributed by atoms with Crippen LogP contribution in [0.2, 0.25) is 0 Å². The first kappa shape index (κ1) is 14.6. The first-order valence-electron chi connectivity index (χ1n) is 7.89. The van der Waals surface area contributed by atoms with Crippen molar-refractivity contribution in [3.8, 4) is 0 Å². The summed E-state index contributed by atoms with van der Waals surface area (Å²) < 4.78 is 0. The molecule has 1 fully saturated rings. The highest BCUT2D eigenvalue weighted by Gasteiger charge is 2.32. The first-order valence-corrected chi connectivity index (χ1v) is 7.89. The maximum atomic E-state index is 3.69. The Hall–Kier alpha value is -0.820. The van der Waals surface area contributed by atoms with Crippen molar-refractivity contribution < 1.29 is 0 Å². The summed E-state index contributed by atoms with van der Waals surface area (Å²) in [7, 11) is 0. The molecule has 1 heteroatoms. The summed E-state index contributed by atoms with van der Waals surface area (Å²) in [5.41, 5.74) is 3.41. The Morgan fingerprint density at radius 2 is 1.89 bits per heavy atom. The normalized spacial score (nSPS) is 18.7. The number of benzene rings is 1. The fraction of sp³-hybridized carbons (Fsp3) is 0.667. The van der Waals surface area contributed by atoms with Gasteiger partial charge in [0, 0.05) is 12.6 Å². The lowest BCUT2D eigenvalue weighted by atomic mass is 9.70. The SMILES string of the molecule is Cc1cccc(CC2(CNC(C)C)CCCCC2)c1. The fourth-order valence-corrected chi connectivity index (χ4v) is 3.39. The molecule has 1 aliphatic carbocycles. The molecule has 19 heavy (non-hydrogen) atoms. The van der Waals surface area contributed by atoms with Crippen LogP contribution in [0.5, 0.6) is 0 Å². The van der Waals surface area contributed by atoms with Gasteiger partial charge in [-0.2, -0.15) is 0 Å². The molecular formula is C18H29N. The average molecular weight is 259 g/mol. The molecule has 1 nitrogen and oxygen atoms in total. The van der Waals surface area contributed by atoms with Crippen molar-refractivity contribution in [1.82, 2.24) is 5.32 Å². The first-order chi connectivity index (χ1) is 9.10. The van der Waals surface area contributed by atoms with Crippen LogP contribution in [0.15, 0.2) is 24.3 Å². The van der Waals surface area contributed by atoms with Gasteiger partial charge < -0.3 is 5.32 Å². The number of aryl methyl sites for hydroxylation is 1. The van der Waals surface area contributed by atoms with Gasteiger partial charge in [0.05, 0.1) is 0 Å². The lowest BCUT2D eigenvalue weighted by Gasteiger charge is -2.38. The Morgan fingerprint density at radius 3 is 2.53 bits per heavy atom. The third kappa shape index (κ3) is 4.35. The predicted molar refractivity (Wildman–Crippen MR) is 83.5 cm³/mol. The second kappa shape index (κ2) is 6.56. The van der Waals surface area contributed by atoms with E-state index in [0.29, 0.717) is 11.5 Å². The van der Waals surface area contributed by atoms with Crippen LogP contribution in [0.25, 0.3) is 0 Å². The number of rotatable bonds is 5. The molecule has 106 valence electrons. The van der Waals surface area contributed by atoms with Crippen LogP contribution >= 0.6 is 0 Å². The molecule has 0 saturated heterocycles. The minimum absolute atomic E-state index is 0.496. The molecule has 0 heterocycles. The lowest BCUT2D eigenvalue weighted by molar-refractivity contribution is 0.176. The summed E-state index contributed by atoms with van der Waals surface area (Å²) in [5, 5.41) is 3.69. The molecule has 0 spiro atoms. The van der Waals surface area contributed by atoms with E-state index >= 15 is 0 Å². The summed E-state index contributed by atoms with van der Waals surface area (Å²) in [4.78, 5) is 0. The molecule has 0 aliphatic heterocycles. The molecule has 2 rings (SSSR count). The van der Waals surface area contributed by atoms with E-state index in [4.69, 9.17) is 0 Å². The van der Waals surface area contributed by atoms with Gasteiger partial charge in [0.2, 0.25) is 0 Å². The molecule has 1 aliphatic rings.